The van der Waals surface area contributed by atoms with Gasteiger partial charge in [-0.3, -0.25) is 19.8 Å². The molecule has 1 fully saturated rings. The monoisotopic (exact) mass is 580 g/mol. The minimum absolute atomic E-state index is 0.152. The number of rotatable bonds is 9. The molecule has 1 aliphatic heterocycles. The summed E-state index contributed by atoms with van der Waals surface area (Å²) in [5, 5.41) is 11.0. The maximum atomic E-state index is 13.8. The number of carbonyl (C=O) groups excluding carboxylic acids is 1. The lowest BCUT2D eigenvalue weighted by Gasteiger charge is -2.33. The van der Waals surface area contributed by atoms with Crippen LogP contribution in [0.1, 0.15) is 28.9 Å². The molecule has 3 heterocycles. The summed E-state index contributed by atoms with van der Waals surface area (Å²) in [6.07, 6.45) is 1.20. The Labute approximate surface area is 240 Å². The second-order valence-electron chi connectivity index (χ2n) is 10.00. The Hall–Kier alpha value is -3.67. The summed E-state index contributed by atoms with van der Waals surface area (Å²) < 4.78 is 41.5. The molecule has 1 saturated heterocycles. The number of benzene rings is 2. The molecule has 0 atom stereocenters. The van der Waals surface area contributed by atoms with E-state index < -0.39 is 11.7 Å². The highest BCUT2D eigenvalue weighted by Crippen LogP contribution is 2.35. The van der Waals surface area contributed by atoms with E-state index in [-0.39, 0.29) is 30.1 Å². The summed E-state index contributed by atoms with van der Waals surface area (Å²) in [4.78, 5) is 22.0. The van der Waals surface area contributed by atoms with Crippen LogP contribution in [0, 0.1) is 0 Å². The van der Waals surface area contributed by atoms with E-state index in [0.29, 0.717) is 5.75 Å². The number of pyridine rings is 1. The lowest BCUT2D eigenvalue weighted by molar-refractivity contribution is -0.138. The third-order valence-electron chi connectivity index (χ3n) is 6.95. The van der Waals surface area contributed by atoms with Gasteiger partial charge in [0.05, 0.1) is 22.5 Å². The first-order chi connectivity index (χ1) is 19.7. The largest absolute Gasteiger partial charge is 0.416 e. The fraction of sp³-hybridized carbons (Fsp3) is 0.300. The number of piperazine rings is 1. The van der Waals surface area contributed by atoms with Gasteiger partial charge in [0.15, 0.2) is 0 Å². The van der Waals surface area contributed by atoms with Gasteiger partial charge in [0.25, 0.3) is 0 Å². The molecule has 11 heteroatoms. The van der Waals surface area contributed by atoms with Crippen molar-refractivity contribution in [3.05, 3.63) is 83.3 Å². The Morgan fingerprint density at radius 1 is 1.07 bits per heavy atom. The quantitative estimate of drug-likeness (QED) is 0.236. The zero-order valence-corrected chi connectivity index (χ0v) is 23.4. The highest BCUT2D eigenvalue weighted by Gasteiger charge is 2.34. The molecule has 214 valence electrons. The molecule has 1 amide bonds. The number of alkyl halides is 3. The molecule has 0 spiro atoms. The molecular weight excluding hydrogens is 549 g/mol. The van der Waals surface area contributed by atoms with E-state index in [1.54, 1.807) is 12.3 Å². The topological polar surface area (TPSA) is 77.2 Å². The van der Waals surface area contributed by atoms with Crippen LogP contribution < -0.4 is 5.32 Å². The highest BCUT2D eigenvalue weighted by molar-refractivity contribution is 7.99. The molecule has 0 radical (unpaired) electrons. The van der Waals surface area contributed by atoms with Crippen molar-refractivity contribution in [1.82, 2.24) is 25.0 Å². The van der Waals surface area contributed by atoms with Crippen LogP contribution in [0.2, 0.25) is 0 Å². The molecule has 4 aromatic rings. The minimum Gasteiger partial charge on any atom is -0.326 e. The van der Waals surface area contributed by atoms with Crippen molar-refractivity contribution >= 4 is 46.4 Å². The number of aromatic amines is 1. The third kappa shape index (κ3) is 7.75. The second kappa shape index (κ2) is 12.9. The average molecular weight is 581 g/mol. The van der Waals surface area contributed by atoms with Crippen LogP contribution in [0.5, 0.6) is 0 Å². The van der Waals surface area contributed by atoms with Gasteiger partial charge in [0.2, 0.25) is 5.91 Å². The van der Waals surface area contributed by atoms with E-state index >= 15 is 0 Å². The Morgan fingerprint density at radius 3 is 2.66 bits per heavy atom. The zero-order chi connectivity index (χ0) is 28.8. The summed E-state index contributed by atoms with van der Waals surface area (Å²) in [6.45, 7) is 3.34. The summed E-state index contributed by atoms with van der Waals surface area (Å²) in [5.41, 5.74) is 2.18. The number of anilines is 1. The molecule has 0 bridgehead atoms. The van der Waals surface area contributed by atoms with Crippen LogP contribution in [0.4, 0.5) is 18.9 Å². The van der Waals surface area contributed by atoms with E-state index in [4.69, 9.17) is 0 Å². The minimum atomic E-state index is -4.50. The van der Waals surface area contributed by atoms with Crippen molar-refractivity contribution in [3.8, 4) is 0 Å². The number of halogens is 3. The Bertz CT molecular complexity index is 1510. The second-order valence-corrected chi connectivity index (χ2v) is 11.2. The molecule has 5 rings (SSSR count). The van der Waals surface area contributed by atoms with E-state index in [1.165, 1.54) is 17.8 Å². The Morgan fingerprint density at radius 2 is 1.90 bits per heavy atom. The van der Waals surface area contributed by atoms with Crippen molar-refractivity contribution in [2.24, 2.45) is 0 Å². The first kappa shape index (κ1) is 28.8. The van der Waals surface area contributed by atoms with Gasteiger partial charge in [0.1, 0.15) is 0 Å². The molecule has 7 nitrogen and oxygen atoms in total. The van der Waals surface area contributed by atoms with Crippen LogP contribution in [0.15, 0.2) is 65.7 Å². The van der Waals surface area contributed by atoms with E-state index in [1.807, 2.05) is 60.5 Å². The number of likely N-dealkylation sites (N-methyl/N-ethyl adjacent to an activating group) is 1. The number of hydrogen-bond donors (Lipinski definition) is 2. The molecule has 0 saturated carbocycles. The number of carbonyl (C=O) groups is 1. The first-order valence-electron chi connectivity index (χ1n) is 13.4. The number of thioether (sulfide) groups is 1. The Kier molecular flexibility index (Phi) is 9.06. The molecule has 0 unspecified atom stereocenters. The maximum absolute atomic E-state index is 13.8. The van der Waals surface area contributed by atoms with Crippen molar-refractivity contribution in [3.63, 3.8) is 0 Å². The number of hydrogen-bond acceptors (Lipinski definition) is 6. The number of fused-ring (bicyclic) bond motifs is 1. The van der Waals surface area contributed by atoms with E-state index in [2.05, 4.69) is 25.4 Å². The van der Waals surface area contributed by atoms with Crippen molar-refractivity contribution in [1.29, 1.82) is 0 Å². The smallest absolute Gasteiger partial charge is 0.326 e. The zero-order valence-electron chi connectivity index (χ0n) is 22.6. The molecule has 2 N–H and O–H groups in total. The lowest BCUT2D eigenvalue weighted by Crippen LogP contribution is -2.44. The number of nitrogens with one attached hydrogen (secondary N) is 2. The number of H-pyrrole nitrogens is 1. The van der Waals surface area contributed by atoms with Crippen molar-refractivity contribution < 1.29 is 18.0 Å². The van der Waals surface area contributed by atoms with Crippen LogP contribution in [-0.4, -0.2) is 69.9 Å². The van der Waals surface area contributed by atoms with Gasteiger partial charge in [-0.25, -0.2) is 0 Å². The molecule has 1 aliphatic rings. The SMILES string of the molecule is CN1CCN(Cc2ccc(NC(=O)CCSc3ccc4c(/C=C/c5ccccn5)n[nH]c4c3)cc2C(F)(F)F)CC1. The summed E-state index contributed by atoms with van der Waals surface area (Å²) in [5.74, 6) is 0.146. The van der Waals surface area contributed by atoms with Gasteiger partial charge >= 0.3 is 6.18 Å². The van der Waals surface area contributed by atoms with Crippen molar-refractivity contribution in [2.75, 3.05) is 44.3 Å². The number of nitrogens with zero attached hydrogens (tertiary/aromatic N) is 4. The van der Waals surface area contributed by atoms with Gasteiger partial charge in [0, 0.05) is 67.1 Å². The predicted molar refractivity (Wildman–Crippen MR) is 157 cm³/mol. The van der Waals surface area contributed by atoms with E-state index in [0.717, 1.165) is 59.4 Å². The van der Waals surface area contributed by atoms with Gasteiger partial charge < -0.3 is 10.2 Å². The summed E-state index contributed by atoms with van der Waals surface area (Å²) in [7, 11) is 2.01. The normalized spacial score (nSPS) is 15.1. The van der Waals surface area contributed by atoms with Gasteiger partial charge in [-0.05, 0) is 67.2 Å². The van der Waals surface area contributed by atoms with Crippen LogP contribution in [0.25, 0.3) is 23.1 Å². The molecule has 2 aromatic carbocycles. The third-order valence-corrected chi connectivity index (χ3v) is 7.95. The number of aromatic nitrogens is 3. The maximum Gasteiger partial charge on any atom is 0.416 e. The summed E-state index contributed by atoms with van der Waals surface area (Å²) >= 11 is 1.50. The molecular formula is C30H31F3N6OS. The first-order valence-corrected chi connectivity index (χ1v) is 14.3. The lowest BCUT2D eigenvalue weighted by atomic mass is 10.0. The Balaban J connectivity index is 1.15. The predicted octanol–water partition coefficient (Wildman–Crippen LogP) is 6.02. The van der Waals surface area contributed by atoms with Gasteiger partial charge in [-0.1, -0.05) is 12.1 Å². The fourth-order valence-electron chi connectivity index (χ4n) is 4.66. The van der Waals surface area contributed by atoms with Gasteiger partial charge in [-0.15, -0.1) is 11.8 Å². The van der Waals surface area contributed by atoms with E-state index in [9.17, 15) is 18.0 Å². The standard InChI is InChI=1S/C30H31F3N6OS/c1-38-13-15-39(16-14-38)20-21-5-6-23(18-26(21)30(31,32)33)35-29(40)11-17-41-24-8-9-25-27(36-37-28(25)19-24)10-7-22-4-2-3-12-34-22/h2-10,12,18-19H,11,13-17,20H2,1H3,(H,35,40)(H,36,37)/b10-7+. The average Bonchev–Trinajstić information content (AvgIpc) is 3.36. The van der Waals surface area contributed by atoms with Crippen molar-refractivity contribution in [2.45, 2.75) is 24.0 Å². The highest BCUT2D eigenvalue weighted by atomic mass is 32.2. The molecule has 0 aliphatic carbocycles. The van der Waals surface area contributed by atoms with Crippen LogP contribution in [0.3, 0.4) is 0 Å². The molecule has 2 aromatic heterocycles. The molecule has 41 heavy (non-hydrogen) atoms. The summed E-state index contributed by atoms with van der Waals surface area (Å²) in [6, 6.07) is 15.7. The fourth-order valence-corrected chi connectivity index (χ4v) is 5.55. The number of amides is 1. The van der Waals surface area contributed by atoms with Crippen LogP contribution >= 0.6 is 11.8 Å². The van der Waals surface area contributed by atoms with Gasteiger partial charge in [-0.2, -0.15) is 18.3 Å². The van der Waals surface area contributed by atoms with Crippen LogP contribution in [-0.2, 0) is 17.5 Å².